The summed E-state index contributed by atoms with van der Waals surface area (Å²) in [7, 11) is 0. The Hall–Kier alpha value is -2.62. The van der Waals surface area contributed by atoms with Crippen LogP contribution in [0.1, 0.15) is 29.4 Å². The molecular formula is C20H18Cl2N4O4S. The molecular weight excluding hydrogens is 463 g/mol. The molecule has 162 valence electrons. The third kappa shape index (κ3) is 5.36. The molecule has 1 N–H and O–H groups in total. The number of carbonyl (C=O) groups excluding carboxylic acids is 3. The van der Waals surface area contributed by atoms with Gasteiger partial charge in [-0.15, -0.1) is 0 Å². The van der Waals surface area contributed by atoms with Crippen LogP contribution in [0.5, 0.6) is 0 Å². The second-order valence-corrected chi connectivity index (χ2v) is 8.29. The van der Waals surface area contributed by atoms with Crippen molar-refractivity contribution in [1.82, 2.24) is 20.0 Å². The molecule has 0 bridgehead atoms. The van der Waals surface area contributed by atoms with Crippen molar-refractivity contribution in [3.63, 3.8) is 0 Å². The van der Waals surface area contributed by atoms with Crippen molar-refractivity contribution in [2.45, 2.75) is 19.9 Å². The summed E-state index contributed by atoms with van der Waals surface area (Å²) in [6, 6.07) is 7.62. The average Bonchev–Trinajstić information content (AvgIpc) is 3.00. The number of benzene rings is 1. The largest absolute Gasteiger partial charge is 0.349 e. The number of aryl methyl sites for hydroxylation is 1. The van der Waals surface area contributed by atoms with Crippen molar-refractivity contribution in [3.05, 3.63) is 66.9 Å². The number of hydrogen-bond donors (Lipinski definition) is 1. The van der Waals surface area contributed by atoms with E-state index in [4.69, 9.17) is 23.2 Å². The maximum Gasteiger partial charge on any atom is 0.293 e. The van der Waals surface area contributed by atoms with Crippen LogP contribution in [0, 0.1) is 0 Å². The van der Waals surface area contributed by atoms with Gasteiger partial charge in [-0.2, -0.15) is 5.10 Å². The molecule has 1 aromatic heterocycles. The molecule has 2 aromatic rings. The summed E-state index contributed by atoms with van der Waals surface area (Å²) in [4.78, 5) is 50.1. The lowest BCUT2D eigenvalue weighted by Gasteiger charge is -2.13. The second-order valence-electron chi connectivity index (χ2n) is 6.51. The minimum absolute atomic E-state index is 0.00831. The van der Waals surface area contributed by atoms with E-state index in [9.17, 15) is 19.2 Å². The monoisotopic (exact) mass is 480 g/mol. The second kappa shape index (κ2) is 10.1. The zero-order chi connectivity index (χ0) is 22.5. The molecule has 0 saturated carbocycles. The number of aromatic nitrogens is 2. The Kier molecular flexibility index (Phi) is 7.53. The van der Waals surface area contributed by atoms with Gasteiger partial charge < -0.3 is 5.32 Å². The zero-order valence-corrected chi connectivity index (χ0v) is 18.8. The molecule has 1 aromatic carbocycles. The standard InChI is InChI=1S/C20H18Cl2N4O4S/c1-2-9-26-16(27)7-6-14(24-26)18(28)23-8-10-25-19(29)15(31-20(25)30)11-12-4-3-5-13(21)17(12)22/h3-7,11H,2,8-10H2,1H3,(H,23,28)/b15-11-. The summed E-state index contributed by atoms with van der Waals surface area (Å²) < 4.78 is 1.22. The topological polar surface area (TPSA) is 101 Å². The van der Waals surface area contributed by atoms with E-state index in [-0.39, 0.29) is 29.2 Å². The van der Waals surface area contributed by atoms with E-state index in [1.54, 1.807) is 18.2 Å². The third-order valence-electron chi connectivity index (χ3n) is 4.30. The first kappa shape index (κ1) is 23.1. The quantitative estimate of drug-likeness (QED) is 0.609. The predicted molar refractivity (Wildman–Crippen MR) is 120 cm³/mol. The molecule has 31 heavy (non-hydrogen) atoms. The Balaban J connectivity index is 1.63. The predicted octanol–water partition coefficient (Wildman–Crippen LogP) is 3.43. The normalized spacial score (nSPS) is 15.1. The number of thioether (sulfide) groups is 1. The summed E-state index contributed by atoms with van der Waals surface area (Å²) in [6.07, 6.45) is 2.21. The van der Waals surface area contributed by atoms with Crippen molar-refractivity contribution < 1.29 is 14.4 Å². The van der Waals surface area contributed by atoms with Gasteiger partial charge in [0.05, 0.1) is 15.0 Å². The molecule has 0 spiro atoms. The first-order chi connectivity index (χ1) is 14.8. The van der Waals surface area contributed by atoms with E-state index in [0.29, 0.717) is 28.6 Å². The fourth-order valence-electron chi connectivity index (χ4n) is 2.78. The van der Waals surface area contributed by atoms with Crippen LogP contribution in [0.4, 0.5) is 4.79 Å². The van der Waals surface area contributed by atoms with Crippen LogP contribution in [0.15, 0.2) is 40.0 Å². The van der Waals surface area contributed by atoms with Gasteiger partial charge in [0.15, 0.2) is 0 Å². The number of carbonyl (C=O) groups is 3. The van der Waals surface area contributed by atoms with E-state index in [0.717, 1.165) is 16.7 Å². The molecule has 0 radical (unpaired) electrons. The molecule has 11 heteroatoms. The number of imide groups is 1. The van der Waals surface area contributed by atoms with Crippen molar-refractivity contribution >= 4 is 58.1 Å². The number of hydrogen-bond acceptors (Lipinski definition) is 6. The van der Waals surface area contributed by atoms with Crippen LogP contribution in [0.2, 0.25) is 10.0 Å². The third-order valence-corrected chi connectivity index (χ3v) is 6.04. The van der Waals surface area contributed by atoms with Crippen LogP contribution < -0.4 is 10.9 Å². The van der Waals surface area contributed by atoms with Crippen LogP contribution in [0.25, 0.3) is 6.08 Å². The molecule has 3 amide bonds. The van der Waals surface area contributed by atoms with Gasteiger partial charge in [0.1, 0.15) is 5.69 Å². The Morgan fingerprint density at radius 3 is 2.68 bits per heavy atom. The molecule has 0 atom stereocenters. The molecule has 0 aliphatic carbocycles. The van der Waals surface area contributed by atoms with Gasteiger partial charge >= 0.3 is 0 Å². The number of amides is 3. The molecule has 1 fully saturated rings. The van der Waals surface area contributed by atoms with Gasteiger partial charge in [-0.3, -0.25) is 24.1 Å². The van der Waals surface area contributed by atoms with Gasteiger partial charge in [-0.05, 0) is 42.0 Å². The van der Waals surface area contributed by atoms with E-state index in [1.807, 2.05) is 6.92 Å². The number of nitrogens with zero attached hydrogens (tertiary/aromatic N) is 3. The molecule has 2 heterocycles. The van der Waals surface area contributed by atoms with Gasteiger partial charge in [0.2, 0.25) is 0 Å². The minimum atomic E-state index is -0.502. The lowest BCUT2D eigenvalue weighted by atomic mass is 10.2. The van der Waals surface area contributed by atoms with Gasteiger partial charge in [0.25, 0.3) is 22.6 Å². The molecule has 1 aliphatic rings. The Morgan fingerprint density at radius 1 is 1.16 bits per heavy atom. The highest BCUT2D eigenvalue weighted by molar-refractivity contribution is 8.18. The Morgan fingerprint density at radius 2 is 1.94 bits per heavy atom. The summed E-state index contributed by atoms with van der Waals surface area (Å²) in [6.45, 7) is 2.33. The lowest BCUT2D eigenvalue weighted by molar-refractivity contribution is -0.122. The lowest BCUT2D eigenvalue weighted by Crippen LogP contribution is -2.38. The van der Waals surface area contributed by atoms with Crippen molar-refractivity contribution in [3.8, 4) is 0 Å². The first-order valence-corrected chi connectivity index (χ1v) is 10.9. The zero-order valence-electron chi connectivity index (χ0n) is 16.4. The maximum atomic E-state index is 12.6. The highest BCUT2D eigenvalue weighted by Gasteiger charge is 2.34. The Labute approximate surface area is 192 Å². The molecule has 3 rings (SSSR count). The van der Waals surface area contributed by atoms with Crippen molar-refractivity contribution in [2.75, 3.05) is 13.1 Å². The molecule has 0 unspecified atom stereocenters. The highest BCUT2D eigenvalue weighted by atomic mass is 35.5. The fourth-order valence-corrected chi connectivity index (χ4v) is 4.00. The summed E-state index contributed by atoms with van der Waals surface area (Å²) in [5.74, 6) is -0.979. The SMILES string of the molecule is CCCn1nc(C(=O)NCCN2C(=O)S/C(=C\c3cccc(Cl)c3Cl)C2=O)ccc1=O. The Bertz CT molecular complexity index is 1130. The summed E-state index contributed by atoms with van der Waals surface area (Å²) in [5.41, 5.74) is 0.321. The molecule has 1 aliphatic heterocycles. The van der Waals surface area contributed by atoms with Gasteiger partial charge in [-0.1, -0.05) is 42.3 Å². The average molecular weight is 481 g/mol. The summed E-state index contributed by atoms with van der Waals surface area (Å²) >= 11 is 12.9. The van der Waals surface area contributed by atoms with Crippen molar-refractivity contribution in [1.29, 1.82) is 0 Å². The number of rotatable bonds is 7. The first-order valence-electron chi connectivity index (χ1n) is 9.37. The smallest absolute Gasteiger partial charge is 0.293 e. The highest BCUT2D eigenvalue weighted by Crippen LogP contribution is 2.34. The van der Waals surface area contributed by atoms with E-state index >= 15 is 0 Å². The van der Waals surface area contributed by atoms with Crippen molar-refractivity contribution in [2.24, 2.45) is 0 Å². The van der Waals surface area contributed by atoms with Crippen LogP contribution in [0.3, 0.4) is 0 Å². The van der Waals surface area contributed by atoms with E-state index < -0.39 is 17.1 Å². The maximum absolute atomic E-state index is 12.6. The molecule has 8 nitrogen and oxygen atoms in total. The number of halogens is 2. The van der Waals surface area contributed by atoms with Gasteiger partial charge in [0, 0.05) is 25.7 Å². The van der Waals surface area contributed by atoms with Crippen LogP contribution >= 0.6 is 35.0 Å². The fraction of sp³-hybridized carbons (Fsp3) is 0.250. The minimum Gasteiger partial charge on any atom is -0.349 e. The van der Waals surface area contributed by atoms with Gasteiger partial charge in [-0.25, -0.2) is 4.68 Å². The van der Waals surface area contributed by atoms with Crippen LogP contribution in [-0.4, -0.2) is 44.8 Å². The van der Waals surface area contributed by atoms with E-state index in [2.05, 4.69) is 10.4 Å². The molecule has 1 saturated heterocycles. The van der Waals surface area contributed by atoms with E-state index in [1.165, 1.54) is 22.9 Å². The number of nitrogens with one attached hydrogen (secondary N) is 1. The van der Waals surface area contributed by atoms with Crippen LogP contribution in [-0.2, 0) is 11.3 Å². The summed E-state index contributed by atoms with van der Waals surface area (Å²) in [5, 5.41) is 6.82.